The van der Waals surface area contributed by atoms with Crippen molar-refractivity contribution in [2.24, 2.45) is 0 Å². The van der Waals surface area contributed by atoms with Gasteiger partial charge in [0, 0.05) is 35.5 Å². The first-order chi connectivity index (χ1) is 14.3. The molecule has 1 amide bonds. The fourth-order valence-electron chi connectivity index (χ4n) is 2.81. The van der Waals surface area contributed by atoms with E-state index in [1.807, 2.05) is 58.0 Å². The van der Waals surface area contributed by atoms with E-state index >= 15 is 0 Å². The Labute approximate surface area is 174 Å². The number of anilines is 1. The van der Waals surface area contributed by atoms with Crippen LogP contribution in [0.3, 0.4) is 0 Å². The number of carbonyl (C=O) groups excluding carboxylic acids is 1. The molecule has 3 aromatic heterocycles. The first-order valence-electron chi connectivity index (χ1n) is 9.54. The number of aryl methyl sites for hydroxylation is 1. The van der Waals surface area contributed by atoms with Gasteiger partial charge in [0.15, 0.2) is 0 Å². The van der Waals surface area contributed by atoms with Gasteiger partial charge in [-0.1, -0.05) is 55.8 Å². The van der Waals surface area contributed by atoms with Crippen molar-refractivity contribution in [2.45, 2.75) is 33.1 Å². The summed E-state index contributed by atoms with van der Waals surface area (Å²) in [6.07, 6.45) is 3.24. The SMILES string of the molecule is Cc1ccc(-c2cc(C(=O)Nc3cc(C(C)(C)C)nn3-c3ncccn3)on2)cc1. The van der Waals surface area contributed by atoms with Crippen LogP contribution in [-0.2, 0) is 5.41 Å². The normalized spacial score (nSPS) is 11.5. The van der Waals surface area contributed by atoms with Crippen LogP contribution >= 0.6 is 0 Å². The average Bonchev–Trinajstić information content (AvgIpc) is 3.37. The van der Waals surface area contributed by atoms with Gasteiger partial charge < -0.3 is 9.84 Å². The Balaban J connectivity index is 1.63. The maximum atomic E-state index is 12.8. The van der Waals surface area contributed by atoms with Crippen molar-refractivity contribution in [2.75, 3.05) is 5.32 Å². The Morgan fingerprint density at radius 3 is 2.43 bits per heavy atom. The van der Waals surface area contributed by atoms with E-state index in [9.17, 15) is 4.79 Å². The summed E-state index contributed by atoms with van der Waals surface area (Å²) in [6, 6.07) is 13.0. The second-order valence-electron chi connectivity index (χ2n) is 8.02. The molecule has 152 valence electrons. The Bertz CT molecular complexity index is 1170. The van der Waals surface area contributed by atoms with Crippen LogP contribution in [0.5, 0.6) is 0 Å². The molecule has 0 atom stereocenters. The Kier molecular flexibility index (Phi) is 4.91. The second-order valence-corrected chi connectivity index (χ2v) is 8.02. The maximum Gasteiger partial charge on any atom is 0.295 e. The van der Waals surface area contributed by atoms with Gasteiger partial charge >= 0.3 is 0 Å². The molecule has 0 saturated heterocycles. The summed E-state index contributed by atoms with van der Waals surface area (Å²) in [5.74, 6) is 0.480. The molecule has 0 unspecified atom stereocenters. The summed E-state index contributed by atoms with van der Waals surface area (Å²) < 4.78 is 6.79. The van der Waals surface area contributed by atoms with Crippen molar-refractivity contribution >= 4 is 11.7 Å². The molecular weight excluding hydrogens is 380 g/mol. The molecule has 4 rings (SSSR count). The third-order valence-electron chi connectivity index (χ3n) is 4.54. The van der Waals surface area contributed by atoms with E-state index in [0.29, 0.717) is 17.5 Å². The van der Waals surface area contributed by atoms with Gasteiger partial charge in [-0.25, -0.2) is 9.97 Å². The molecule has 0 aliphatic heterocycles. The third kappa shape index (κ3) is 3.98. The standard InChI is InChI=1S/C22H22N6O2/c1-14-6-8-15(9-7-14)16-12-17(30-27-16)20(29)25-19-13-18(22(2,3)4)26-28(19)21-23-10-5-11-24-21/h5-13H,1-4H3,(H,25,29). The van der Waals surface area contributed by atoms with Crippen LogP contribution < -0.4 is 5.32 Å². The van der Waals surface area contributed by atoms with Crippen molar-refractivity contribution in [3.8, 4) is 17.2 Å². The monoisotopic (exact) mass is 402 g/mol. The summed E-state index contributed by atoms with van der Waals surface area (Å²) in [4.78, 5) is 21.3. The van der Waals surface area contributed by atoms with Crippen molar-refractivity contribution in [1.29, 1.82) is 0 Å². The topological polar surface area (TPSA) is 98.7 Å². The van der Waals surface area contributed by atoms with Gasteiger partial charge in [0.2, 0.25) is 5.76 Å². The summed E-state index contributed by atoms with van der Waals surface area (Å²) in [5.41, 5.74) is 3.19. The lowest BCUT2D eigenvalue weighted by Crippen LogP contribution is -2.16. The highest BCUT2D eigenvalue weighted by molar-refractivity contribution is 6.02. The summed E-state index contributed by atoms with van der Waals surface area (Å²) in [5, 5.41) is 11.5. The van der Waals surface area contributed by atoms with Gasteiger partial charge in [0.1, 0.15) is 11.5 Å². The van der Waals surface area contributed by atoms with Gasteiger partial charge in [-0.2, -0.15) is 9.78 Å². The fraction of sp³-hybridized carbons (Fsp3) is 0.227. The Morgan fingerprint density at radius 2 is 1.77 bits per heavy atom. The van der Waals surface area contributed by atoms with Gasteiger partial charge in [-0.3, -0.25) is 4.79 Å². The van der Waals surface area contributed by atoms with E-state index in [1.54, 1.807) is 24.5 Å². The number of nitrogens with zero attached hydrogens (tertiary/aromatic N) is 5. The highest BCUT2D eigenvalue weighted by Gasteiger charge is 2.23. The van der Waals surface area contributed by atoms with Gasteiger partial charge in [0.05, 0.1) is 5.69 Å². The number of hydrogen-bond donors (Lipinski definition) is 1. The van der Waals surface area contributed by atoms with E-state index in [0.717, 1.165) is 16.8 Å². The molecule has 30 heavy (non-hydrogen) atoms. The second kappa shape index (κ2) is 7.55. The lowest BCUT2D eigenvalue weighted by atomic mass is 9.92. The highest BCUT2D eigenvalue weighted by Crippen LogP contribution is 2.26. The Morgan fingerprint density at radius 1 is 1.07 bits per heavy atom. The zero-order chi connectivity index (χ0) is 21.3. The molecule has 0 spiro atoms. The number of amides is 1. The van der Waals surface area contributed by atoms with Gasteiger partial charge in [0.25, 0.3) is 11.9 Å². The molecule has 1 aromatic carbocycles. The van der Waals surface area contributed by atoms with Crippen molar-refractivity contribution in [3.63, 3.8) is 0 Å². The minimum Gasteiger partial charge on any atom is -0.350 e. The minimum atomic E-state index is -0.432. The summed E-state index contributed by atoms with van der Waals surface area (Å²) in [7, 11) is 0. The zero-order valence-corrected chi connectivity index (χ0v) is 17.2. The largest absolute Gasteiger partial charge is 0.350 e. The van der Waals surface area contributed by atoms with Crippen LogP contribution in [0.25, 0.3) is 17.2 Å². The van der Waals surface area contributed by atoms with Gasteiger partial charge in [-0.15, -0.1) is 0 Å². The predicted octanol–water partition coefficient (Wildman–Crippen LogP) is 4.18. The fourth-order valence-corrected chi connectivity index (χ4v) is 2.81. The number of carbonyl (C=O) groups is 1. The van der Waals surface area contributed by atoms with Crippen LogP contribution in [0.4, 0.5) is 5.82 Å². The molecule has 0 fully saturated rings. The third-order valence-corrected chi connectivity index (χ3v) is 4.54. The van der Waals surface area contributed by atoms with E-state index < -0.39 is 5.91 Å². The maximum absolute atomic E-state index is 12.8. The zero-order valence-electron chi connectivity index (χ0n) is 17.2. The number of nitrogens with one attached hydrogen (secondary N) is 1. The molecular formula is C22H22N6O2. The molecule has 8 heteroatoms. The van der Waals surface area contributed by atoms with Crippen LogP contribution in [0.1, 0.15) is 42.6 Å². The van der Waals surface area contributed by atoms with E-state index in [-0.39, 0.29) is 11.2 Å². The van der Waals surface area contributed by atoms with Crippen LogP contribution in [0, 0.1) is 6.92 Å². The Hall–Kier alpha value is -3.81. The van der Waals surface area contributed by atoms with Crippen LogP contribution in [0.15, 0.2) is 59.4 Å². The molecule has 1 N–H and O–H groups in total. The summed E-state index contributed by atoms with van der Waals surface area (Å²) in [6.45, 7) is 8.14. The van der Waals surface area contributed by atoms with Crippen LogP contribution in [0.2, 0.25) is 0 Å². The van der Waals surface area contributed by atoms with Crippen molar-refractivity contribution < 1.29 is 9.32 Å². The smallest absolute Gasteiger partial charge is 0.295 e. The summed E-state index contributed by atoms with van der Waals surface area (Å²) >= 11 is 0. The quantitative estimate of drug-likeness (QED) is 0.550. The predicted molar refractivity (Wildman–Crippen MR) is 112 cm³/mol. The lowest BCUT2D eigenvalue weighted by molar-refractivity contribution is 0.0987. The lowest BCUT2D eigenvalue weighted by Gasteiger charge is -2.13. The number of hydrogen-bond acceptors (Lipinski definition) is 6. The van der Waals surface area contributed by atoms with Crippen molar-refractivity contribution in [1.82, 2.24) is 24.9 Å². The number of rotatable bonds is 4. The average molecular weight is 402 g/mol. The molecule has 4 aromatic rings. The van der Waals surface area contributed by atoms with E-state index in [1.165, 1.54) is 4.68 Å². The first-order valence-corrected chi connectivity index (χ1v) is 9.54. The van der Waals surface area contributed by atoms with Crippen LogP contribution in [-0.4, -0.2) is 30.8 Å². The molecule has 0 aliphatic rings. The van der Waals surface area contributed by atoms with Gasteiger partial charge in [-0.05, 0) is 13.0 Å². The first kappa shape index (κ1) is 19.5. The number of aromatic nitrogens is 5. The van der Waals surface area contributed by atoms with E-state index in [2.05, 4.69) is 25.5 Å². The highest BCUT2D eigenvalue weighted by atomic mass is 16.5. The molecule has 0 radical (unpaired) electrons. The van der Waals surface area contributed by atoms with Crippen molar-refractivity contribution in [3.05, 3.63) is 71.9 Å². The minimum absolute atomic E-state index is 0.101. The molecule has 0 bridgehead atoms. The number of benzene rings is 1. The van der Waals surface area contributed by atoms with E-state index in [4.69, 9.17) is 4.52 Å². The molecule has 0 saturated carbocycles. The molecule has 8 nitrogen and oxygen atoms in total. The molecule has 0 aliphatic carbocycles. The molecule has 3 heterocycles.